The standard InChI is InChI=1S/C16H24ClNO2/c1-16(2)9-5-6-11(16)14(18)10-7-8-12(19-3)13(17)15(10)20-4/h7-8,11,14H,5-6,9,18H2,1-4H3. The molecule has 0 spiro atoms. The Kier molecular flexibility index (Phi) is 4.50. The Morgan fingerprint density at radius 3 is 2.50 bits per heavy atom. The summed E-state index contributed by atoms with van der Waals surface area (Å²) >= 11 is 6.33. The molecule has 1 fully saturated rings. The van der Waals surface area contributed by atoms with Gasteiger partial charge in [-0.2, -0.15) is 0 Å². The van der Waals surface area contributed by atoms with Crippen LogP contribution in [0.4, 0.5) is 0 Å². The first-order valence-corrected chi connectivity index (χ1v) is 7.46. The van der Waals surface area contributed by atoms with E-state index >= 15 is 0 Å². The van der Waals surface area contributed by atoms with Crippen LogP contribution < -0.4 is 15.2 Å². The van der Waals surface area contributed by atoms with Crippen LogP contribution in [0, 0.1) is 11.3 Å². The van der Waals surface area contributed by atoms with E-state index in [0.29, 0.717) is 22.4 Å². The number of ether oxygens (including phenoxy) is 2. The lowest BCUT2D eigenvalue weighted by Gasteiger charge is -2.33. The molecular formula is C16H24ClNO2. The van der Waals surface area contributed by atoms with Crippen molar-refractivity contribution in [2.75, 3.05) is 14.2 Å². The van der Waals surface area contributed by atoms with E-state index in [4.69, 9.17) is 26.8 Å². The van der Waals surface area contributed by atoms with Gasteiger partial charge in [0, 0.05) is 11.6 Å². The first-order valence-electron chi connectivity index (χ1n) is 7.08. The van der Waals surface area contributed by atoms with Crippen molar-refractivity contribution in [3.8, 4) is 11.5 Å². The number of methoxy groups -OCH3 is 2. The van der Waals surface area contributed by atoms with Crippen LogP contribution in [-0.4, -0.2) is 14.2 Å². The van der Waals surface area contributed by atoms with Gasteiger partial charge in [0.1, 0.15) is 16.5 Å². The first kappa shape index (κ1) is 15.5. The highest BCUT2D eigenvalue weighted by molar-refractivity contribution is 6.33. The van der Waals surface area contributed by atoms with Gasteiger partial charge in [-0.1, -0.05) is 31.9 Å². The number of halogens is 1. The van der Waals surface area contributed by atoms with Crippen LogP contribution in [-0.2, 0) is 0 Å². The van der Waals surface area contributed by atoms with Gasteiger partial charge >= 0.3 is 0 Å². The topological polar surface area (TPSA) is 44.5 Å². The molecule has 20 heavy (non-hydrogen) atoms. The Labute approximate surface area is 126 Å². The lowest BCUT2D eigenvalue weighted by atomic mass is 9.75. The monoisotopic (exact) mass is 297 g/mol. The van der Waals surface area contributed by atoms with E-state index in [-0.39, 0.29) is 11.5 Å². The molecule has 2 N–H and O–H groups in total. The summed E-state index contributed by atoms with van der Waals surface area (Å²) in [6.07, 6.45) is 3.61. The fourth-order valence-electron chi connectivity index (χ4n) is 3.42. The minimum atomic E-state index is -0.0640. The van der Waals surface area contributed by atoms with Crippen molar-refractivity contribution < 1.29 is 9.47 Å². The maximum Gasteiger partial charge on any atom is 0.146 e. The van der Waals surface area contributed by atoms with Gasteiger partial charge in [-0.3, -0.25) is 0 Å². The predicted molar refractivity (Wildman–Crippen MR) is 82.6 cm³/mol. The third-order valence-corrected chi connectivity index (χ3v) is 5.01. The first-order chi connectivity index (χ1) is 9.42. The quantitative estimate of drug-likeness (QED) is 0.906. The van der Waals surface area contributed by atoms with Gasteiger partial charge in [0.15, 0.2) is 0 Å². The number of hydrogen-bond donors (Lipinski definition) is 1. The molecule has 1 aliphatic carbocycles. The molecule has 2 unspecified atom stereocenters. The van der Waals surface area contributed by atoms with Crippen LogP contribution in [0.2, 0.25) is 5.02 Å². The molecule has 112 valence electrons. The van der Waals surface area contributed by atoms with E-state index in [2.05, 4.69) is 13.8 Å². The maximum absolute atomic E-state index is 6.53. The molecule has 3 nitrogen and oxygen atoms in total. The van der Waals surface area contributed by atoms with Crippen LogP contribution in [0.3, 0.4) is 0 Å². The zero-order chi connectivity index (χ0) is 14.9. The summed E-state index contributed by atoms with van der Waals surface area (Å²) in [7, 11) is 3.22. The van der Waals surface area contributed by atoms with Crippen LogP contribution >= 0.6 is 11.6 Å². The fourth-order valence-corrected chi connectivity index (χ4v) is 3.74. The zero-order valence-electron chi connectivity index (χ0n) is 12.7. The van der Waals surface area contributed by atoms with E-state index in [1.165, 1.54) is 12.8 Å². The van der Waals surface area contributed by atoms with Gasteiger partial charge < -0.3 is 15.2 Å². The molecule has 2 atom stereocenters. The van der Waals surface area contributed by atoms with Crippen molar-refractivity contribution in [2.45, 2.75) is 39.2 Å². The summed E-state index contributed by atoms with van der Waals surface area (Å²) in [5, 5.41) is 0.499. The Balaban J connectivity index is 2.39. The summed E-state index contributed by atoms with van der Waals surface area (Å²) in [5.74, 6) is 1.70. The largest absolute Gasteiger partial charge is 0.495 e. The summed E-state index contributed by atoms with van der Waals surface area (Å²) in [4.78, 5) is 0. The average molecular weight is 298 g/mol. The summed E-state index contributed by atoms with van der Waals surface area (Å²) in [6.45, 7) is 4.59. The molecule has 1 saturated carbocycles. The summed E-state index contributed by atoms with van der Waals surface area (Å²) in [6, 6.07) is 3.77. The maximum atomic E-state index is 6.53. The predicted octanol–water partition coefficient (Wildman–Crippen LogP) is 4.18. The highest BCUT2D eigenvalue weighted by atomic mass is 35.5. The second-order valence-electron chi connectivity index (χ2n) is 6.22. The summed E-state index contributed by atoms with van der Waals surface area (Å²) < 4.78 is 10.7. The zero-order valence-corrected chi connectivity index (χ0v) is 13.5. The second-order valence-corrected chi connectivity index (χ2v) is 6.60. The van der Waals surface area contributed by atoms with Gasteiger partial charge in [0.2, 0.25) is 0 Å². The minimum absolute atomic E-state index is 0.0640. The third-order valence-electron chi connectivity index (χ3n) is 4.65. The van der Waals surface area contributed by atoms with Crippen LogP contribution in [0.5, 0.6) is 11.5 Å². The lowest BCUT2D eigenvalue weighted by molar-refractivity contribution is 0.219. The molecule has 0 bridgehead atoms. The van der Waals surface area contributed by atoms with Crippen molar-refractivity contribution in [3.05, 3.63) is 22.7 Å². The Morgan fingerprint density at radius 1 is 1.30 bits per heavy atom. The normalized spacial score (nSPS) is 22.6. The molecular weight excluding hydrogens is 274 g/mol. The second kappa shape index (κ2) is 5.82. The number of rotatable bonds is 4. The average Bonchev–Trinajstić information content (AvgIpc) is 2.77. The number of hydrogen-bond acceptors (Lipinski definition) is 3. The molecule has 0 saturated heterocycles. The highest BCUT2D eigenvalue weighted by Gasteiger charge is 2.39. The molecule has 2 rings (SSSR count). The minimum Gasteiger partial charge on any atom is -0.495 e. The number of nitrogens with two attached hydrogens (primary N) is 1. The highest BCUT2D eigenvalue weighted by Crippen LogP contribution is 2.50. The molecule has 0 heterocycles. The van der Waals surface area contributed by atoms with Gasteiger partial charge in [0.25, 0.3) is 0 Å². The van der Waals surface area contributed by atoms with Crippen LogP contribution in [0.15, 0.2) is 12.1 Å². The third kappa shape index (κ3) is 2.61. The molecule has 4 heteroatoms. The van der Waals surface area contributed by atoms with Crippen molar-refractivity contribution >= 4 is 11.6 Å². The van der Waals surface area contributed by atoms with Gasteiger partial charge in [-0.05, 0) is 36.3 Å². The van der Waals surface area contributed by atoms with Crippen LogP contribution in [0.1, 0.15) is 44.7 Å². The molecule has 0 aliphatic heterocycles. The van der Waals surface area contributed by atoms with E-state index in [0.717, 1.165) is 12.0 Å². The Hall–Kier alpha value is -0.930. The van der Waals surface area contributed by atoms with Crippen molar-refractivity contribution in [1.29, 1.82) is 0 Å². The Bertz CT molecular complexity index is 488. The van der Waals surface area contributed by atoms with Gasteiger partial charge in [-0.15, -0.1) is 0 Å². The van der Waals surface area contributed by atoms with Crippen LogP contribution in [0.25, 0.3) is 0 Å². The summed E-state index contributed by atoms with van der Waals surface area (Å²) in [5.41, 5.74) is 7.76. The van der Waals surface area contributed by atoms with Gasteiger partial charge in [-0.25, -0.2) is 0 Å². The molecule has 0 aromatic heterocycles. The van der Waals surface area contributed by atoms with E-state index in [1.54, 1.807) is 14.2 Å². The van der Waals surface area contributed by atoms with Gasteiger partial charge in [0.05, 0.1) is 14.2 Å². The fraction of sp³-hybridized carbons (Fsp3) is 0.625. The Morgan fingerprint density at radius 2 is 2.00 bits per heavy atom. The molecule has 0 radical (unpaired) electrons. The molecule has 0 amide bonds. The SMILES string of the molecule is COc1ccc(C(N)C2CCCC2(C)C)c(OC)c1Cl. The lowest BCUT2D eigenvalue weighted by Crippen LogP contribution is -2.30. The number of benzene rings is 1. The molecule has 1 aliphatic rings. The van der Waals surface area contributed by atoms with Crippen molar-refractivity contribution in [2.24, 2.45) is 17.1 Å². The van der Waals surface area contributed by atoms with E-state index in [1.807, 2.05) is 12.1 Å². The van der Waals surface area contributed by atoms with Crippen molar-refractivity contribution in [3.63, 3.8) is 0 Å². The van der Waals surface area contributed by atoms with Crippen molar-refractivity contribution in [1.82, 2.24) is 0 Å². The van der Waals surface area contributed by atoms with E-state index in [9.17, 15) is 0 Å². The van der Waals surface area contributed by atoms with E-state index < -0.39 is 0 Å². The smallest absolute Gasteiger partial charge is 0.146 e. The molecule has 1 aromatic rings. The molecule has 1 aromatic carbocycles.